The van der Waals surface area contributed by atoms with Crippen molar-refractivity contribution < 1.29 is 9.90 Å². The molecule has 0 saturated carbocycles. The van der Waals surface area contributed by atoms with Crippen LogP contribution in [0.15, 0.2) is 12.1 Å². The zero-order valence-electron chi connectivity index (χ0n) is 4.50. The molecule has 2 nitrogen and oxygen atoms in total. The van der Waals surface area contributed by atoms with Gasteiger partial charge in [0.1, 0.15) is 12.7 Å². The lowest BCUT2D eigenvalue weighted by Gasteiger charge is -1.80. The largest absolute Gasteiger partial charge is 0.477 e. The smallest absolute Gasteiger partial charge is 0.345 e. The second kappa shape index (κ2) is 2.23. The third-order valence-electron chi connectivity index (χ3n) is 0.838. The predicted molar refractivity (Wildman–Crippen MR) is 36.7 cm³/mol. The van der Waals surface area contributed by atoms with Crippen molar-refractivity contribution in [1.29, 1.82) is 0 Å². The maximum absolute atomic E-state index is 10.2. The first-order valence-corrected chi connectivity index (χ1v) is 3.10. The molecule has 0 spiro atoms. The van der Waals surface area contributed by atoms with E-state index in [1.165, 1.54) is 6.07 Å². The van der Waals surface area contributed by atoms with E-state index >= 15 is 0 Å². The molecule has 0 amide bonds. The van der Waals surface area contributed by atoms with Crippen molar-refractivity contribution in [2.45, 2.75) is 0 Å². The molecule has 4 heteroatoms. The fourth-order valence-corrected chi connectivity index (χ4v) is 1.08. The maximum Gasteiger partial charge on any atom is 0.345 e. The Morgan fingerprint density at radius 2 is 2.33 bits per heavy atom. The van der Waals surface area contributed by atoms with Gasteiger partial charge in [-0.15, -0.1) is 11.3 Å². The number of aromatic carboxylic acids is 1. The van der Waals surface area contributed by atoms with Crippen molar-refractivity contribution in [1.82, 2.24) is 0 Å². The summed E-state index contributed by atoms with van der Waals surface area (Å²) < 4.78 is 0.535. The molecule has 0 fully saturated rings. The number of rotatable bonds is 1. The zero-order chi connectivity index (χ0) is 6.85. The summed E-state index contributed by atoms with van der Waals surface area (Å²) in [5.74, 6) is -0.920. The van der Waals surface area contributed by atoms with Crippen LogP contribution < -0.4 is 4.78 Å². The van der Waals surface area contributed by atoms with Crippen molar-refractivity contribution in [3.63, 3.8) is 0 Å². The van der Waals surface area contributed by atoms with Crippen molar-refractivity contribution >= 4 is 29.9 Å². The van der Waals surface area contributed by atoms with Gasteiger partial charge in [0.15, 0.2) is 0 Å². The van der Waals surface area contributed by atoms with Gasteiger partial charge in [0, 0.05) is 0 Å². The van der Waals surface area contributed by atoms with Crippen molar-refractivity contribution in [2.75, 3.05) is 0 Å². The molecule has 0 unspecified atom stereocenters. The third-order valence-corrected chi connectivity index (χ3v) is 1.74. The SMILES string of the molecule is [B]c1ccc(C(=O)O)s1. The number of carbonyl (C=O) groups is 1. The maximum atomic E-state index is 10.2. The van der Waals surface area contributed by atoms with Gasteiger partial charge < -0.3 is 5.11 Å². The second-order valence-corrected chi connectivity index (χ2v) is 2.62. The van der Waals surface area contributed by atoms with Crippen LogP contribution in [0.1, 0.15) is 9.67 Å². The molecule has 0 aromatic carbocycles. The zero-order valence-corrected chi connectivity index (χ0v) is 5.31. The molecule has 1 N–H and O–H groups in total. The van der Waals surface area contributed by atoms with Gasteiger partial charge in [-0.05, 0) is 10.8 Å². The van der Waals surface area contributed by atoms with Crippen LogP contribution in [-0.2, 0) is 0 Å². The van der Waals surface area contributed by atoms with Crippen LogP contribution in [0, 0.1) is 0 Å². The van der Waals surface area contributed by atoms with E-state index in [9.17, 15) is 4.79 Å². The molecule has 2 radical (unpaired) electrons. The van der Waals surface area contributed by atoms with Gasteiger partial charge in [0.25, 0.3) is 0 Å². The van der Waals surface area contributed by atoms with E-state index in [2.05, 4.69) is 0 Å². The lowest BCUT2D eigenvalue weighted by Crippen LogP contribution is -1.92. The molecule has 1 aromatic heterocycles. The molecule has 0 bridgehead atoms. The molecular formula is C5H3BO2S. The van der Waals surface area contributed by atoms with Crippen LogP contribution in [0.3, 0.4) is 0 Å². The second-order valence-electron chi connectivity index (χ2n) is 1.51. The summed E-state index contributed by atoms with van der Waals surface area (Å²) in [4.78, 5) is 10.5. The Labute approximate surface area is 57.5 Å². The molecular weight excluding hydrogens is 135 g/mol. The summed E-state index contributed by atoms with van der Waals surface area (Å²) in [7, 11) is 5.27. The Morgan fingerprint density at radius 3 is 2.56 bits per heavy atom. The van der Waals surface area contributed by atoms with Crippen LogP contribution in [-0.4, -0.2) is 18.9 Å². The third kappa shape index (κ3) is 1.32. The highest BCUT2D eigenvalue weighted by molar-refractivity contribution is 7.21. The lowest BCUT2D eigenvalue weighted by atomic mass is 10.1. The molecule has 1 aromatic rings. The number of carboxylic acids is 1. The minimum atomic E-state index is -0.920. The van der Waals surface area contributed by atoms with Crippen LogP contribution in [0.4, 0.5) is 0 Å². The van der Waals surface area contributed by atoms with Crippen molar-refractivity contribution in [2.24, 2.45) is 0 Å². The molecule has 1 heterocycles. The average molecular weight is 138 g/mol. The first-order valence-electron chi connectivity index (χ1n) is 2.29. The van der Waals surface area contributed by atoms with E-state index < -0.39 is 5.97 Å². The number of hydrogen-bond donors (Lipinski definition) is 1. The van der Waals surface area contributed by atoms with E-state index in [0.29, 0.717) is 4.78 Å². The molecule has 9 heavy (non-hydrogen) atoms. The van der Waals surface area contributed by atoms with Gasteiger partial charge >= 0.3 is 5.97 Å². The van der Waals surface area contributed by atoms with Crippen LogP contribution in [0.5, 0.6) is 0 Å². The van der Waals surface area contributed by atoms with Gasteiger partial charge in [0.2, 0.25) is 0 Å². The van der Waals surface area contributed by atoms with Gasteiger partial charge in [-0.1, -0.05) is 6.07 Å². The summed E-state index contributed by atoms with van der Waals surface area (Å²) >= 11 is 1.07. The van der Waals surface area contributed by atoms with E-state index in [4.69, 9.17) is 13.0 Å². The number of hydrogen-bond acceptors (Lipinski definition) is 2. The molecule has 0 aliphatic heterocycles. The lowest BCUT2D eigenvalue weighted by molar-refractivity contribution is 0.0702. The molecule has 1 rings (SSSR count). The first-order chi connectivity index (χ1) is 4.20. The standard InChI is InChI=1S/C5H3BO2S/c6-4-2-1-3(9-4)5(7)8/h1-2H,(H,7,8). The fourth-order valence-electron chi connectivity index (χ4n) is 0.468. The monoisotopic (exact) mass is 138 g/mol. The van der Waals surface area contributed by atoms with Gasteiger partial charge in [0.05, 0.1) is 0 Å². The summed E-state index contributed by atoms with van der Waals surface area (Å²) in [5, 5.41) is 8.35. The Bertz CT molecular complexity index is 231. The summed E-state index contributed by atoms with van der Waals surface area (Å²) in [6.45, 7) is 0. The van der Waals surface area contributed by atoms with Gasteiger partial charge in [-0.25, -0.2) is 4.79 Å². The topological polar surface area (TPSA) is 37.3 Å². The molecule has 0 atom stereocenters. The normalized spacial score (nSPS) is 9.33. The number of carboxylic acid groups (broad SMARTS) is 1. The van der Waals surface area contributed by atoms with Crippen LogP contribution >= 0.6 is 11.3 Å². The van der Waals surface area contributed by atoms with E-state index in [1.54, 1.807) is 6.07 Å². The Balaban J connectivity index is 2.98. The fraction of sp³-hybridized carbons (Fsp3) is 0. The summed E-state index contributed by atoms with van der Waals surface area (Å²) in [5.41, 5.74) is 0. The summed E-state index contributed by atoms with van der Waals surface area (Å²) in [6.07, 6.45) is 0. The van der Waals surface area contributed by atoms with Gasteiger partial charge in [-0.3, -0.25) is 0 Å². The van der Waals surface area contributed by atoms with Crippen LogP contribution in [0.25, 0.3) is 0 Å². The average Bonchev–Trinajstić information content (AvgIpc) is 2.14. The van der Waals surface area contributed by atoms with E-state index in [1.807, 2.05) is 0 Å². The molecule has 0 saturated heterocycles. The van der Waals surface area contributed by atoms with Crippen molar-refractivity contribution in [3.05, 3.63) is 17.0 Å². The number of thiophene rings is 1. The quantitative estimate of drug-likeness (QED) is 0.564. The predicted octanol–water partition coefficient (Wildman–Crippen LogP) is 0.240. The Morgan fingerprint density at radius 1 is 1.67 bits per heavy atom. The first kappa shape index (κ1) is 6.36. The van der Waals surface area contributed by atoms with Crippen molar-refractivity contribution in [3.8, 4) is 0 Å². The minimum absolute atomic E-state index is 0.285. The highest BCUT2D eigenvalue weighted by Gasteiger charge is 2.02. The van der Waals surface area contributed by atoms with Crippen LogP contribution in [0.2, 0.25) is 0 Å². The summed E-state index contributed by atoms with van der Waals surface area (Å²) in [6, 6.07) is 3.07. The Hall–Kier alpha value is -0.765. The van der Waals surface area contributed by atoms with E-state index in [0.717, 1.165) is 11.3 Å². The molecule has 0 aliphatic carbocycles. The molecule has 44 valence electrons. The highest BCUT2D eigenvalue weighted by atomic mass is 32.1. The molecule has 0 aliphatic rings. The van der Waals surface area contributed by atoms with Gasteiger partial charge in [-0.2, -0.15) is 0 Å². The Kier molecular flexibility index (Phi) is 1.57. The van der Waals surface area contributed by atoms with E-state index in [-0.39, 0.29) is 4.88 Å². The highest BCUT2D eigenvalue weighted by Crippen LogP contribution is 2.03. The minimum Gasteiger partial charge on any atom is -0.477 e.